The molecule has 0 amide bonds. The molecular formula is C14H21N3O2. The number of hydrogen-bond acceptors (Lipinski definition) is 4. The van der Waals surface area contributed by atoms with Gasteiger partial charge in [0.1, 0.15) is 0 Å². The minimum Gasteiger partial charge on any atom is -0.397 e. The Hall–Kier alpha value is -1.78. The zero-order valence-electron chi connectivity index (χ0n) is 11.3. The minimum absolute atomic E-state index is 0.0355. The van der Waals surface area contributed by atoms with E-state index in [9.17, 15) is 10.1 Å². The van der Waals surface area contributed by atoms with Crippen LogP contribution in [0.1, 0.15) is 39.0 Å². The van der Waals surface area contributed by atoms with Crippen molar-refractivity contribution in [2.24, 2.45) is 5.92 Å². The fourth-order valence-corrected chi connectivity index (χ4v) is 2.79. The lowest BCUT2D eigenvalue weighted by atomic mass is 9.84. The van der Waals surface area contributed by atoms with Gasteiger partial charge in [-0.15, -0.1) is 0 Å². The Morgan fingerprint density at radius 2 is 2.05 bits per heavy atom. The lowest BCUT2D eigenvalue weighted by Crippen LogP contribution is -2.28. The molecule has 1 fully saturated rings. The van der Waals surface area contributed by atoms with Crippen molar-refractivity contribution in [1.82, 2.24) is 0 Å². The molecule has 2 rings (SSSR count). The molecule has 1 atom stereocenters. The maximum atomic E-state index is 10.7. The second-order valence-electron chi connectivity index (χ2n) is 5.36. The van der Waals surface area contributed by atoms with Crippen LogP contribution in [0.25, 0.3) is 0 Å². The molecule has 1 aliphatic carbocycles. The highest BCUT2D eigenvalue weighted by Gasteiger charge is 2.20. The van der Waals surface area contributed by atoms with Crippen LogP contribution in [0, 0.1) is 16.0 Å². The number of non-ortho nitro benzene ring substituents is 1. The monoisotopic (exact) mass is 263 g/mol. The van der Waals surface area contributed by atoms with Gasteiger partial charge in [0, 0.05) is 18.2 Å². The van der Waals surface area contributed by atoms with Crippen molar-refractivity contribution in [2.75, 3.05) is 11.1 Å². The predicted octanol–water partition coefficient (Wildman–Crippen LogP) is 3.56. The Kier molecular flexibility index (Phi) is 4.24. The molecule has 0 aromatic heterocycles. The number of anilines is 2. The number of nitro groups is 1. The van der Waals surface area contributed by atoms with Crippen molar-refractivity contribution in [3.63, 3.8) is 0 Å². The lowest BCUT2D eigenvalue weighted by Gasteiger charge is -2.29. The molecule has 19 heavy (non-hydrogen) atoms. The summed E-state index contributed by atoms with van der Waals surface area (Å²) in [6.07, 6.45) is 6.43. The van der Waals surface area contributed by atoms with Gasteiger partial charge in [-0.2, -0.15) is 0 Å². The van der Waals surface area contributed by atoms with E-state index in [-0.39, 0.29) is 5.69 Å². The van der Waals surface area contributed by atoms with E-state index in [4.69, 9.17) is 5.73 Å². The number of benzene rings is 1. The SMILES string of the molecule is CC(Nc1ccc([N+](=O)[O-])cc1N)C1CCCCC1. The highest BCUT2D eigenvalue weighted by molar-refractivity contribution is 5.69. The number of nitrogens with two attached hydrogens (primary N) is 1. The van der Waals surface area contributed by atoms with Crippen LogP contribution in [-0.2, 0) is 0 Å². The summed E-state index contributed by atoms with van der Waals surface area (Å²) in [6, 6.07) is 4.96. The van der Waals surface area contributed by atoms with E-state index >= 15 is 0 Å². The highest BCUT2D eigenvalue weighted by Crippen LogP contribution is 2.30. The van der Waals surface area contributed by atoms with E-state index in [0.29, 0.717) is 17.6 Å². The third-order valence-corrected chi connectivity index (χ3v) is 3.99. The maximum absolute atomic E-state index is 10.7. The van der Waals surface area contributed by atoms with E-state index < -0.39 is 4.92 Å². The van der Waals surface area contributed by atoms with E-state index in [1.807, 2.05) is 0 Å². The van der Waals surface area contributed by atoms with Crippen LogP contribution in [0.15, 0.2) is 18.2 Å². The lowest BCUT2D eigenvalue weighted by molar-refractivity contribution is -0.384. The fourth-order valence-electron chi connectivity index (χ4n) is 2.79. The molecule has 5 nitrogen and oxygen atoms in total. The molecule has 5 heteroatoms. The Morgan fingerprint density at radius 1 is 1.37 bits per heavy atom. The summed E-state index contributed by atoms with van der Waals surface area (Å²) < 4.78 is 0. The Balaban J connectivity index is 2.03. The van der Waals surface area contributed by atoms with E-state index in [1.165, 1.54) is 44.2 Å². The van der Waals surface area contributed by atoms with Crippen molar-refractivity contribution in [3.05, 3.63) is 28.3 Å². The third kappa shape index (κ3) is 3.36. The predicted molar refractivity (Wildman–Crippen MR) is 77.2 cm³/mol. The van der Waals surface area contributed by atoms with Crippen LogP contribution in [-0.4, -0.2) is 11.0 Å². The zero-order chi connectivity index (χ0) is 13.8. The van der Waals surface area contributed by atoms with Gasteiger partial charge in [0.05, 0.1) is 16.3 Å². The molecule has 0 spiro atoms. The smallest absolute Gasteiger partial charge is 0.271 e. The molecule has 0 heterocycles. The van der Waals surface area contributed by atoms with E-state index in [0.717, 1.165) is 5.69 Å². The first-order chi connectivity index (χ1) is 9.08. The number of hydrogen-bond donors (Lipinski definition) is 2. The first-order valence-corrected chi connectivity index (χ1v) is 6.88. The Labute approximate surface area is 113 Å². The van der Waals surface area contributed by atoms with Crippen LogP contribution >= 0.6 is 0 Å². The molecule has 0 bridgehead atoms. The van der Waals surface area contributed by atoms with Gasteiger partial charge in [0.2, 0.25) is 0 Å². The average molecular weight is 263 g/mol. The molecule has 1 unspecified atom stereocenters. The number of nitro benzene ring substituents is 1. The van der Waals surface area contributed by atoms with Gasteiger partial charge in [-0.3, -0.25) is 10.1 Å². The quantitative estimate of drug-likeness (QED) is 0.494. The normalized spacial score (nSPS) is 17.9. The molecule has 104 valence electrons. The molecule has 1 aromatic rings. The summed E-state index contributed by atoms with van der Waals surface area (Å²) in [4.78, 5) is 10.2. The van der Waals surface area contributed by atoms with Crippen molar-refractivity contribution >= 4 is 17.1 Å². The largest absolute Gasteiger partial charge is 0.397 e. The van der Waals surface area contributed by atoms with Crippen LogP contribution in [0.4, 0.5) is 17.1 Å². The van der Waals surface area contributed by atoms with Crippen LogP contribution in [0.2, 0.25) is 0 Å². The minimum atomic E-state index is -0.426. The standard InChI is InChI=1S/C14H21N3O2/c1-10(11-5-3-2-4-6-11)16-14-8-7-12(17(18)19)9-13(14)15/h7-11,16H,2-6,15H2,1H3. The molecule has 0 saturated heterocycles. The molecule has 1 aromatic carbocycles. The summed E-state index contributed by atoms with van der Waals surface area (Å²) in [5, 5.41) is 14.1. The second-order valence-corrected chi connectivity index (χ2v) is 5.36. The maximum Gasteiger partial charge on any atom is 0.271 e. The average Bonchev–Trinajstić information content (AvgIpc) is 2.41. The Bertz CT molecular complexity index is 456. The summed E-state index contributed by atoms with van der Waals surface area (Å²) in [5.74, 6) is 0.670. The van der Waals surface area contributed by atoms with Gasteiger partial charge < -0.3 is 11.1 Å². The van der Waals surface area contributed by atoms with Crippen molar-refractivity contribution in [2.45, 2.75) is 45.1 Å². The van der Waals surface area contributed by atoms with E-state index in [2.05, 4.69) is 12.2 Å². The zero-order valence-corrected chi connectivity index (χ0v) is 11.3. The second kappa shape index (κ2) is 5.91. The van der Waals surface area contributed by atoms with Crippen LogP contribution in [0.3, 0.4) is 0 Å². The molecule has 1 aliphatic rings. The highest BCUT2D eigenvalue weighted by atomic mass is 16.6. The first-order valence-electron chi connectivity index (χ1n) is 6.88. The molecule has 1 saturated carbocycles. The number of nitrogen functional groups attached to an aromatic ring is 1. The number of nitrogens with zero attached hydrogens (tertiary/aromatic N) is 1. The van der Waals surface area contributed by atoms with Crippen molar-refractivity contribution in [3.8, 4) is 0 Å². The topological polar surface area (TPSA) is 81.2 Å². The van der Waals surface area contributed by atoms with Gasteiger partial charge >= 0.3 is 0 Å². The third-order valence-electron chi connectivity index (χ3n) is 3.99. The Morgan fingerprint density at radius 3 is 2.63 bits per heavy atom. The van der Waals surface area contributed by atoms with Gasteiger partial charge in [0.15, 0.2) is 0 Å². The van der Waals surface area contributed by atoms with Crippen molar-refractivity contribution in [1.29, 1.82) is 0 Å². The molecular weight excluding hydrogens is 242 g/mol. The summed E-state index contributed by atoms with van der Waals surface area (Å²) in [7, 11) is 0. The molecule has 3 N–H and O–H groups in total. The number of rotatable bonds is 4. The first kappa shape index (κ1) is 13.6. The van der Waals surface area contributed by atoms with Crippen LogP contribution in [0.5, 0.6) is 0 Å². The molecule has 0 aliphatic heterocycles. The summed E-state index contributed by atoms with van der Waals surface area (Å²) in [5.41, 5.74) is 7.14. The fraction of sp³-hybridized carbons (Fsp3) is 0.571. The number of nitrogens with one attached hydrogen (secondary N) is 1. The van der Waals surface area contributed by atoms with Gasteiger partial charge in [-0.1, -0.05) is 19.3 Å². The van der Waals surface area contributed by atoms with Crippen LogP contribution < -0.4 is 11.1 Å². The summed E-state index contributed by atoms with van der Waals surface area (Å²) >= 11 is 0. The van der Waals surface area contributed by atoms with Gasteiger partial charge in [-0.25, -0.2) is 0 Å². The van der Waals surface area contributed by atoms with Crippen molar-refractivity contribution < 1.29 is 4.92 Å². The van der Waals surface area contributed by atoms with Gasteiger partial charge in [0.25, 0.3) is 5.69 Å². The molecule has 0 radical (unpaired) electrons. The van der Waals surface area contributed by atoms with E-state index in [1.54, 1.807) is 6.07 Å². The summed E-state index contributed by atoms with van der Waals surface area (Å²) in [6.45, 7) is 2.16. The van der Waals surface area contributed by atoms with Gasteiger partial charge in [-0.05, 0) is 31.7 Å².